The number of thiophene rings is 1. The number of nitrogens with zero attached hydrogens (tertiary/aromatic N) is 1. The molecular weight excluding hydrogens is 344 g/mol. The van der Waals surface area contributed by atoms with Gasteiger partial charge < -0.3 is 4.98 Å². The van der Waals surface area contributed by atoms with Crippen LogP contribution in [0.5, 0.6) is 0 Å². The molecule has 0 aliphatic carbocycles. The number of fused-ring (bicyclic) bond motifs is 1. The summed E-state index contributed by atoms with van der Waals surface area (Å²) >= 11 is 1.51. The number of benzene rings is 2. The summed E-state index contributed by atoms with van der Waals surface area (Å²) in [5.41, 5.74) is 3.18. The molecule has 0 aliphatic rings. The fraction of sp³-hybridized carbons (Fsp3) is 0.0952. The van der Waals surface area contributed by atoms with Crippen molar-refractivity contribution in [2.45, 2.75) is 13.8 Å². The number of rotatable bonds is 3. The van der Waals surface area contributed by atoms with Crippen LogP contribution in [0.1, 0.15) is 22.8 Å². The average Bonchev–Trinajstić information content (AvgIpc) is 2.99. The van der Waals surface area contributed by atoms with Gasteiger partial charge in [-0.25, -0.2) is 4.98 Å². The van der Waals surface area contributed by atoms with E-state index in [1.54, 1.807) is 18.2 Å². The summed E-state index contributed by atoms with van der Waals surface area (Å²) in [6, 6.07) is 17.1. The summed E-state index contributed by atoms with van der Waals surface area (Å²) in [4.78, 5) is 33.6. The van der Waals surface area contributed by atoms with Gasteiger partial charge in [-0.3, -0.25) is 9.59 Å². The quantitative estimate of drug-likeness (QED) is 0.532. The first-order valence-corrected chi connectivity index (χ1v) is 9.06. The van der Waals surface area contributed by atoms with Crippen molar-refractivity contribution in [2.24, 2.45) is 0 Å². The van der Waals surface area contributed by atoms with E-state index in [0.717, 1.165) is 21.6 Å². The first kappa shape index (κ1) is 16.4. The monoisotopic (exact) mass is 360 g/mol. The predicted molar refractivity (Wildman–Crippen MR) is 106 cm³/mol. The molecule has 4 rings (SSSR count). The minimum Gasteiger partial charge on any atom is -0.306 e. The zero-order chi connectivity index (χ0) is 18.3. The molecule has 0 saturated carbocycles. The van der Waals surface area contributed by atoms with Crippen LogP contribution in [-0.4, -0.2) is 15.8 Å². The van der Waals surface area contributed by atoms with Gasteiger partial charge in [-0.15, -0.1) is 11.3 Å². The molecule has 0 unspecified atom stereocenters. The van der Waals surface area contributed by atoms with Crippen molar-refractivity contribution in [3.8, 4) is 21.8 Å². The van der Waals surface area contributed by atoms with E-state index < -0.39 is 0 Å². The number of hydrogen-bond acceptors (Lipinski definition) is 4. The highest BCUT2D eigenvalue weighted by Gasteiger charge is 2.16. The Morgan fingerprint density at radius 1 is 1.04 bits per heavy atom. The van der Waals surface area contributed by atoms with Crippen LogP contribution in [0.3, 0.4) is 0 Å². The molecule has 1 N–H and O–H groups in total. The van der Waals surface area contributed by atoms with E-state index in [-0.39, 0.29) is 11.3 Å². The molecule has 0 spiro atoms. The molecule has 0 fully saturated rings. The largest absolute Gasteiger partial charge is 0.306 e. The van der Waals surface area contributed by atoms with E-state index in [1.807, 2.05) is 43.3 Å². The molecular formula is C21H16N2O2S. The Morgan fingerprint density at radius 2 is 1.77 bits per heavy atom. The van der Waals surface area contributed by atoms with Crippen LogP contribution < -0.4 is 5.56 Å². The third-order valence-corrected chi connectivity index (χ3v) is 5.61. The Hall–Kier alpha value is -3.05. The standard InChI is InChI=1S/C21H16N2O2S/c1-12-17-20(25)22-19(16-10-6-9-15(11-16)13(2)24)23-21(17)26-18(12)14-7-4-3-5-8-14/h3-11H,1-2H3,(H,22,23,25). The molecule has 5 heteroatoms. The van der Waals surface area contributed by atoms with Crippen LogP contribution in [-0.2, 0) is 0 Å². The number of aryl methyl sites for hydroxylation is 1. The van der Waals surface area contributed by atoms with E-state index in [9.17, 15) is 9.59 Å². The number of aromatic nitrogens is 2. The molecule has 2 aromatic carbocycles. The highest BCUT2D eigenvalue weighted by molar-refractivity contribution is 7.22. The van der Waals surface area contributed by atoms with Crippen LogP contribution in [0.25, 0.3) is 32.0 Å². The summed E-state index contributed by atoms with van der Waals surface area (Å²) < 4.78 is 0. The van der Waals surface area contributed by atoms with Gasteiger partial charge in [0.2, 0.25) is 0 Å². The average molecular weight is 360 g/mol. The van der Waals surface area contributed by atoms with Gasteiger partial charge in [0.25, 0.3) is 5.56 Å². The molecule has 128 valence electrons. The normalized spacial score (nSPS) is 11.0. The minimum absolute atomic E-state index is 0.0198. The summed E-state index contributed by atoms with van der Waals surface area (Å²) in [6.45, 7) is 3.47. The van der Waals surface area contributed by atoms with Crippen molar-refractivity contribution in [1.29, 1.82) is 0 Å². The molecule has 0 saturated heterocycles. The molecule has 0 radical (unpaired) electrons. The van der Waals surface area contributed by atoms with Crippen LogP contribution >= 0.6 is 11.3 Å². The Labute approximate surface area is 154 Å². The van der Waals surface area contributed by atoms with Crippen molar-refractivity contribution in [3.63, 3.8) is 0 Å². The molecule has 2 heterocycles. The number of aromatic amines is 1. The number of carbonyl (C=O) groups excluding carboxylic acids is 1. The van der Waals surface area contributed by atoms with Gasteiger partial charge in [-0.1, -0.05) is 48.5 Å². The van der Waals surface area contributed by atoms with Gasteiger partial charge >= 0.3 is 0 Å². The topological polar surface area (TPSA) is 62.8 Å². The van der Waals surface area contributed by atoms with Crippen molar-refractivity contribution in [3.05, 3.63) is 76.1 Å². The van der Waals surface area contributed by atoms with E-state index in [4.69, 9.17) is 0 Å². The van der Waals surface area contributed by atoms with Crippen molar-refractivity contribution >= 4 is 27.3 Å². The summed E-state index contributed by atoms with van der Waals surface area (Å²) in [6.07, 6.45) is 0. The zero-order valence-electron chi connectivity index (χ0n) is 14.4. The van der Waals surface area contributed by atoms with Gasteiger partial charge in [0.15, 0.2) is 5.78 Å². The number of hydrogen-bond donors (Lipinski definition) is 1. The highest BCUT2D eigenvalue weighted by atomic mass is 32.1. The smallest absolute Gasteiger partial charge is 0.260 e. The second-order valence-electron chi connectivity index (χ2n) is 6.15. The van der Waals surface area contributed by atoms with Crippen molar-refractivity contribution in [1.82, 2.24) is 9.97 Å². The maximum absolute atomic E-state index is 12.7. The number of Topliss-reactive ketones (excluding diaryl/α,β-unsaturated/α-hetero) is 1. The molecule has 2 aromatic heterocycles. The lowest BCUT2D eigenvalue weighted by molar-refractivity contribution is 0.101. The Kier molecular flexibility index (Phi) is 4.01. The van der Waals surface area contributed by atoms with Gasteiger partial charge in [-0.05, 0) is 31.0 Å². The van der Waals surface area contributed by atoms with E-state index in [1.165, 1.54) is 18.3 Å². The summed E-state index contributed by atoms with van der Waals surface area (Å²) in [7, 11) is 0. The lowest BCUT2D eigenvalue weighted by atomic mass is 10.1. The predicted octanol–water partition coefficient (Wildman–Crippen LogP) is 4.83. The van der Waals surface area contributed by atoms with Crippen molar-refractivity contribution in [2.75, 3.05) is 0 Å². The zero-order valence-corrected chi connectivity index (χ0v) is 15.2. The molecule has 0 atom stereocenters. The fourth-order valence-electron chi connectivity index (χ4n) is 3.03. The maximum atomic E-state index is 12.7. The van der Waals surface area contributed by atoms with Gasteiger partial charge in [0, 0.05) is 16.0 Å². The third-order valence-electron chi connectivity index (χ3n) is 4.38. The summed E-state index contributed by atoms with van der Waals surface area (Å²) in [5.74, 6) is 0.458. The van der Waals surface area contributed by atoms with Crippen LogP contribution in [0, 0.1) is 6.92 Å². The Bertz CT molecular complexity index is 1190. The third kappa shape index (κ3) is 2.76. The lowest BCUT2D eigenvalue weighted by Crippen LogP contribution is -2.09. The molecule has 0 aliphatic heterocycles. The molecule has 4 nitrogen and oxygen atoms in total. The first-order chi connectivity index (χ1) is 12.5. The fourth-order valence-corrected chi connectivity index (χ4v) is 4.22. The minimum atomic E-state index is -0.158. The first-order valence-electron chi connectivity index (χ1n) is 8.25. The van der Waals surface area contributed by atoms with Crippen LogP contribution in [0.2, 0.25) is 0 Å². The summed E-state index contributed by atoms with van der Waals surface area (Å²) in [5, 5.41) is 0.625. The number of H-pyrrole nitrogens is 1. The number of nitrogens with one attached hydrogen (secondary N) is 1. The molecule has 0 amide bonds. The molecule has 26 heavy (non-hydrogen) atoms. The van der Waals surface area contributed by atoms with E-state index in [0.29, 0.717) is 21.6 Å². The second kappa shape index (κ2) is 6.35. The van der Waals surface area contributed by atoms with Gasteiger partial charge in [0.1, 0.15) is 10.7 Å². The molecule has 4 aromatic rings. The van der Waals surface area contributed by atoms with Gasteiger partial charge in [0.05, 0.1) is 5.39 Å². The Balaban J connectivity index is 1.91. The van der Waals surface area contributed by atoms with Crippen molar-refractivity contribution < 1.29 is 4.79 Å². The highest BCUT2D eigenvalue weighted by Crippen LogP contribution is 2.36. The second-order valence-corrected chi connectivity index (χ2v) is 7.15. The number of ketones is 1. The number of carbonyl (C=O) groups is 1. The Morgan fingerprint density at radius 3 is 2.50 bits per heavy atom. The van der Waals surface area contributed by atoms with E-state index >= 15 is 0 Å². The SMILES string of the molecule is CC(=O)c1cccc(-c2nc3sc(-c4ccccc4)c(C)c3c(=O)[nH]2)c1. The van der Waals surface area contributed by atoms with E-state index in [2.05, 4.69) is 9.97 Å². The van der Waals surface area contributed by atoms with Crippen LogP contribution in [0.4, 0.5) is 0 Å². The van der Waals surface area contributed by atoms with Gasteiger partial charge in [-0.2, -0.15) is 0 Å². The maximum Gasteiger partial charge on any atom is 0.260 e. The van der Waals surface area contributed by atoms with Crippen LogP contribution in [0.15, 0.2) is 59.4 Å². The molecule has 0 bridgehead atoms. The lowest BCUT2D eigenvalue weighted by Gasteiger charge is -2.03.